The molecule has 0 aromatic heterocycles. The van der Waals surface area contributed by atoms with E-state index in [4.69, 9.17) is 22.4 Å². The summed E-state index contributed by atoms with van der Waals surface area (Å²) in [5.74, 6) is 0. The molecule has 0 saturated carbocycles. The molecule has 0 spiro atoms. The highest BCUT2D eigenvalue weighted by molar-refractivity contribution is 9.12. The maximum Gasteiger partial charge on any atom is 0.0958 e. The molecular weight excluding hydrogens is 295 g/mol. The summed E-state index contributed by atoms with van der Waals surface area (Å²) >= 11 is 11.9. The Balaban J connectivity index is 3.22. The molecule has 1 rings (SSSR count). The molecular formula is C6H3Br2ClN2. The molecule has 0 aliphatic heterocycles. The Labute approximate surface area is 85.6 Å². The number of allylic oxidation sites excluding steroid dienone is 4. The fourth-order valence-corrected chi connectivity index (χ4v) is 1.67. The van der Waals surface area contributed by atoms with Crippen LogP contribution in [0.2, 0.25) is 0 Å². The molecule has 0 aromatic rings. The van der Waals surface area contributed by atoms with Crippen molar-refractivity contribution in [2.45, 2.75) is 0 Å². The van der Waals surface area contributed by atoms with Gasteiger partial charge in [0.15, 0.2) is 0 Å². The van der Waals surface area contributed by atoms with Gasteiger partial charge in [-0.05, 0) is 37.9 Å². The van der Waals surface area contributed by atoms with Crippen molar-refractivity contribution in [2.75, 3.05) is 0 Å². The molecule has 0 heterocycles. The SMILES string of the molecule is N=C1C(=N)C(Br)=C(Cl)C=C1Br. The lowest BCUT2D eigenvalue weighted by molar-refractivity contribution is 1.48. The van der Waals surface area contributed by atoms with Gasteiger partial charge in [-0.1, -0.05) is 11.6 Å². The molecule has 2 nitrogen and oxygen atoms in total. The van der Waals surface area contributed by atoms with E-state index in [2.05, 4.69) is 31.9 Å². The minimum absolute atomic E-state index is 0.101. The molecule has 0 aromatic carbocycles. The minimum Gasteiger partial charge on any atom is -0.297 e. The van der Waals surface area contributed by atoms with Crippen LogP contribution in [0.4, 0.5) is 0 Å². The number of hydrogen-bond acceptors (Lipinski definition) is 2. The van der Waals surface area contributed by atoms with Gasteiger partial charge in [-0.25, -0.2) is 0 Å². The largest absolute Gasteiger partial charge is 0.297 e. The molecule has 0 atom stereocenters. The van der Waals surface area contributed by atoms with Gasteiger partial charge in [-0.15, -0.1) is 0 Å². The van der Waals surface area contributed by atoms with Crippen molar-refractivity contribution in [3.8, 4) is 0 Å². The average molecular weight is 298 g/mol. The summed E-state index contributed by atoms with van der Waals surface area (Å²) in [6.07, 6.45) is 1.59. The topological polar surface area (TPSA) is 47.7 Å². The first-order chi connectivity index (χ1) is 5.04. The molecule has 11 heavy (non-hydrogen) atoms. The number of rotatable bonds is 0. The normalized spacial score (nSPS) is 19.0. The Morgan fingerprint density at radius 3 is 2.27 bits per heavy atom. The zero-order valence-corrected chi connectivity index (χ0v) is 9.14. The van der Waals surface area contributed by atoms with E-state index >= 15 is 0 Å². The average Bonchev–Trinajstić information content (AvgIpc) is 1.97. The van der Waals surface area contributed by atoms with E-state index in [-0.39, 0.29) is 11.4 Å². The van der Waals surface area contributed by atoms with Crippen molar-refractivity contribution in [3.63, 3.8) is 0 Å². The van der Waals surface area contributed by atoms with Crippen LogP contribution in [0.1, 0.15) is 0 Å². The summed E-state index contributed by atoms with van der Waals surface area (Å²) in [6.45, 7) is 0. The highest BCUT2D eigenvalue weighted by Crippen LogP contribution is 2.28. The second kappa shape index (κ2) is 3.21. The third kappa shape index (κ3) is 1.63. The van der Waals surface area contributed by atoms with Gasteiger partial charge in [-0.2, -0.15) is 0 Å². The molecule has 2 N–H and O–H groups in total. The van der Waals surface area contributed by atoms with E-state index in [0.29, 0.717) is 14.0 Å². The summed E-state index contributed by atoms with van der Waals surface area (Å²) in [5, 5.41) is 15.2. The first-order valence-electron chi connectivity index (χ1n) is 2.64. The van der Waals surface area contributed by atoms with Crippen LogP contribution in [-0.4, -0.2) is 11.4 Å². The highest BCUT2D eigenvalue weighted by atomic mass is 79.9. The van der Waals surface area contributed by atoms with Crippen LogP contribution in [0.15, 0.2) is 20.1 Å². The second-order valence-corrected chi connectivity index (χ2v) is 3.96. The van der Waals surface area contributed by atoms with Crippen LogP contribution in [-0.2, 0) is 0 Å². The lowest BCUT2D eigenvalue weighted by Gasteiger charge is -2.10. The Morgan fingerprint density at radius 1 is 1.18 bits per heavy atom. The van der Waals surface area contributed by atoms with Crippen molar-refractivity contribution < 1.29 is 0 Å². The van der Waals surface area contributed by atoms with E-state index in [1.165, 1.54) is 0 Å². The van der Waals surface area contributed by atoms with Gasteiger partial charge in [0.05, 0.1) is 20.9 Å². The van der Waals surface area contributed by atoms with Gasteiger partial charge < -0.3 is 0 Å². The van der Waals surface area contributed by atoms with Crippen molar-refractivity contribution >= 4 is 54.9 Å². The van der Waals surface area contributed by atoms with Gasteiger partial charge in [0.2, 0.25) is 0 Å². The van der Waals surface area contributed by atoms with Gasteiger partial charge in [-0.3, -0.25) is 10.8 Å². The van der Waals surface area contributed by atoms with Crippen molar-refractivity contribution in [1.82, 2.24) is 0 Å². The molecule has 0 bridgehead atoms. The molecule has 0 amide bonds. The number of halogens is 3. The van der Waals surface area contributed by atoms with Gasteiger partial charge >= 0.3 is 0 Å². The molecule has 0 radical (unpaired) electrons. The minimum atomic E-state index is 0.101. The molecule has 0 fully saturated rings. The van der Waals surface area contributed by atoms with E-state index in [1.54, 1.807) is 6.08 Å². The molecule has 1 aliphatic rings. The molecule has 0 unspecified atom stereocenters. The lowest BCUT2D eigenvalue weighted by Crippen LogP contribution is -2.15. The van der Waals surface area contributed by atoms with E-state index in [0.717, 1.165) is 0 Å². The summed E-state index contributed by atoms with van der Waals surface area (Å²) in [4.78, 5) is 0. The van der Waals surface area contributed by atoms with Crippen LogP contribution >= 0.6 is 43.5 Å². The monoisotopic (exact) mass is 296 g/mol. The number of nitrogens with one attached hydrogen (secondary N) is 2. The van der Waals surface area contributed by atoms with Crippen LogP contribution in [0.3, 0.4) is 0 Å². The summed E-state index contributed by atoms with van der Waals surface area (Å²) in [7, 11) is 0. The molecule has 0 saturated heterocycles. The van der Waals surface area contributed by atoms with Crippen LogP contribution in [0, 0.1) is 10.8 Å². The summed E-state index contributed by atoms with van der Waals surface area (Å²) < 4.78 is 1.00. The smallest absolute Gasteiger partial charge is 0.0958 e. The Morgan fingerprint density at radius 2 is 1.73 bits per heavy atom. The summed E-state index contributed by atoms with van der Waals surface area (Å²) in [6, 6.07) is 0. The van der Waals surface area contributed by atoms with E-state index < -0.39 is 0 Å². The van der Waals surface area contributed by atoms with Gasteiger partial charge in [0, 0.05) is 4.48 Å². The quantitative estimate of drug-likeness (QED) is 0.645. The van der Waals surface area contributed by atoms with Crippen LogP contribution < -0.4 is 0 Å². The number of hydrogen-bond donors (Lipinski definition) is 2. The Bertz CT molecular complexity index is 300. The van der Waals surface area contributed by atoms with Crippen LogP contribution in [0.5, 0.6) is 0 Å². The zero-order chi connectivity index (χ0) is 8.59. The fourth-order valence-electron chi connectivity index (χ4n) is 0.595. The third-order valence-electron chi connectivity index (χ3n) is 1.17. The predicted octanol–water partition coefficient (Wildman–Crippen LogP) is 3.16. The Kier molecular flexibility index (Phi) is 2.67. The Hall–Kier alpha value is 0.0700. The standard InChI is InChI=1S/C6H3Br2ClN2/c7-2-1-3(9)4(8)6(11)5(2)10/h1,10-11H. The first-order valence-corrected chi connectivity index (χ1v) is 4.61. The predicted molar refractivity (Wildman–Crippen MR) is 54.3 cm³/mol. The first kappa shape index (κ1) is 9.16. The highest BCUT2D eigenvalue weighted by Gasteiger charge is 2.19. The van der Waals surface area contributed by atoms with Crippen LogP contribution in [0.25, 0.3) is 0 Å². The second-order valence-electron chi connectivity index (χ2n) is 1.90. The zero-order valence-electron chi connectivity index (χ0n) is 5.21. The molecule has 5 heteroatoms. The van der Waals surface area contributed by atoms with Crippen molar-refractivity contribution in [1.29, 1.82) is 10.8 Å². The summed E-state index contributed by atoms with van der Waals surface area (Å²) in [5.41, 5.74) is 0.241. The third-order valence-corrected chi connectivity index (χ3v) is 3.15. The van der Waals surface area contributed by atoms with Crippen molar-refractivity contribution in [2.24, 2.45) is 0 Å². The van der Waals surface area contributed by atoms with E-state index in [9.17, 15) is 0 Å². The maximum atomic E-state index is 7.38. The molecule has 58 valence electrons. The van der Waals surface area contributed by atoms with E-state index in [1.807, 2.05) is 0 Å². The fraction of sp³-hybridized carbons (Fsp3) is 0. The van der Waals surface area contributed by atoms with Gasteiger partial charge in [0.1, 0.15) is 0 Å². The maximum absolute atomic E-state index is 7.38. The molecule has 1 aliphatic carbocycles. The van der Waals surface area contributed by atoms with Gasteiger partial charge in [0.25, 0.3) is 0 Å². The van der Waals surface area contributed by atoms with Crippen molar-refractivity contribution in [3.05, 3.63) is 20.1 Å². The lowest BCUT2D eigenvalue weighted by atomic mass is 10.1.